The Morgan fingerprint density at radius 3 is 2.69 bits per heavy atom. The van der Waals surface area contributed by atoms with Gasteiger partial charge in [0.2, 0.25) is 5.88 Å². The van der Waals surface area contributed by atoms with E-state index < -0.39 is 12.7 Å². The number of carbonyl (C=O) groups is 1. The van der Waals surface area contributed by atoms with E-state index in [9.17, 15) is 18.0 Å². The number of carbonyl (C=O) groups excluding carboxylic acids is 1. The van der Waals surface area contributed by atoms with Gasteiger partial charge in [-0.15, -0.1) is 0 Å². The number of hydrogen-bond donors (Lipinski definition) is 0. The van der Waals surface area contributed by atoms with Crippen LogP contribution in [0.25, 0.3) is 5.70 Å². The number of aromatic nitrogens is 2. The molecule has 32 heavy (non-hydrogen) atoms. The van der Waals surface area contributed by atoms with Crippen LogP contribution >= 0.6 is 0 Å². The van der Waals surface area contributed by atoms with Crippen LogP contribution in [0.15, 0.2) is 41.8 Å². The van der Waals surface area contributed by atoms with Gasteiger partial charge < -0.3 is 14.2 Å². The number of allylic oxidation sites excluding steroid dienone is 1. The standard InChI is InChI=1S/C21H23F3N4O4/c1-4-17(28(25-2)14-21(22,23)24)20-15(6-5-7-26-20)13-32-18-11-27-19(10-16(18)12-29)31-9-8-30-3/h4-7,10-12H,2,8-9,13-14H2,1,3H3/b17-4-. The van der Waals surface area contributed by atoms with Crippen LogP contribution in [0.3, 0.4) is 0 Å². The fourth-order valence-electron chi connectivity index (χ4n) is 2.69. The van der Waals surface area contributed by atoms with Crippen molar-refractivity contribution in [1.82, 2.24) is 15.0 Å². The second-order valence-electron chi connectivity index (χ2n) is 6.31. The minimum Gasteiger partial charge on any atom is -0.486 e. The van der Waals surface area contributed by atoms with Gasteiger partial charge >= 0.3 is 6.18 Å². The highest BCUT2D eigenvalue weighted by Gasteiger charge is 2.32. The number of hydrazone groups is 1. The summed E-state index contributed by atoms with van der Waals surface area (Å²) < 4.78 is 54.8. The van der Waals surface area contributed by atoms with Gasteiger partial charge in [-0.05, 0) is 13.0 Å². The predicted octanol–water partition coefficient (Wildman–Crippen LogP) is 3.73. The van der Waals surface area contributed by atoms with Crippen molar-refractivity contribution < 1.29 is 32.2 Å². The van der Waals surface area contributed by atoms with E-state index in [4.69, 9.17) is 14.2 Å². The second kappa shape index (κ2) is 11.8. The number of methoxy groups -OCH3 is 1. The average molecular weight is 452 g/mol. The van der Waals surface area contributed by atoms with Gasteiger partial charge in [-0.1, -0.05) is 12.1 Å². The average Bonchev–Trinajstić information content (AvgIpc) is 2.77. The first-order valence-corrected chi connectivity index (χ1v) is 9.44. The second-order valence-corrected chi connectivity index (χ2v) is 6.31. The third-order valence-corrected chi connectivity index (χ3v) is 4.11. The molecule has 2 rings (SSSR count). The van der Waals surface area contributed by atoms with Gasteiger partial charge in [0.15, 0.2) is 6.29 Å². The summed E-state index contributed by atoms with van der Waals surface area (Å²) in [6, 6.07) is 4.69. The van der Waals surface area contributed by atoms with Crippen LogP contribution in [0.1, 0.15) is 28.5 Å². The highest BCUT2D eigenvalue weighted by molar-refractivity contribution is 5.79. The number of halogens is 3. The number of hydrogen-bond acceptors (Lipinski definition) is 8. The van der Waals surface area contributed by atoms with Crippen LogP contribution in [-0.4, -0.2) is 61.0 Å². The molecule has 0 aromatic carbocycles. The van der Waals surface area contributed by atoms with Crippen LogP contribution < -0.4 is 9.47 Å². The van der Waals surface area contributed by atoms with Crippen molar-refractivity contribution in [3.8, 4) is 11.6 Å². The molecule has 8 nitrogen and oxygen atoms in total. The van der Waals surface area contributed by atoms with E-state index >= 15 is 0 Å². The molecule has 0 aliphatic carbocycles. The number of rotatable bonds is 12. The summed E-state index contributed by atoms with van der Waals surface area (Å²) in [5.41, 5.74) is 1.04. The van der Waals surface area contributed by atoms with Gasteiger partial charge in [-0.25, -0.2) is 4.98 Å². The summed E-state index contributed by atoms with van der Waals surface area (Å²) in [4.78, 5) is 19.7. The first kappa shape index (κ1) is 24.8. The first-order chi connectivity index (χ1) is 15.3. The van der Waals surface area contributed by atoms with Crippen LogP contribution in [0.2, 0.25) is 0 Å². The lowest BCUT2D eigenvalue weighted by atomic mass is 10.1. The number of ether oxygens (including phenoxy) is 3. The number of nitrogens with zero attached hydrogens (tertiary/aromatic N) is 4. The third kappa shape index (κ3) is 7.05. The molecule has 0 saturated heterocycles. The predicted molar refractivity (Wildman–Crippen MR) is 112 cm³/mol. The molecule has 0 spiro atoms. The van der Waals surface area contributed by atoms with Crippen molar-refractivity contribution in [3.63, 3.8) is 0 Å². The molecule has 0 aliphatic rings. The van der Waals surface area contributed by atoms with Crippen LogP contribution in [0.5, 0.6) is 11.6 Å². The minimum atomic E-state index is -4.49. The van der Waals surface area contributed by atoms with E-state index in [1.54, 1.807) is 19.1 Å². The van der Waals surface area contributed by atoms with E-state index in [2.05, 4.69) is 21.8 Å². The van der Waals surface area contributed by atoms with Gasteiger partial charge in [0.1, 0.15) is 25.5 Å². The maximum absolute atomic E-state index is 12.9. The van der Waals surface area contributed by atoms with Crippen molar-refractivity contribution in [2.24, 2.45) is 5.10 Å². The fourth-order valence-corrected chi connectivity index (χ4v) is 2.69. The van der Waals surface area contributed by atoms with Crippen LogP contribution in [0.4, 0.5) is 13.2 Å². The Morgan fingerprint density at radius 1 is 1.28 bits per heavy atom. The molecule has 11 heteroatoms. The van der Waals surface area contributed by atoms with E-state index in [0.29, 0.717) is 18.5 Å². The fraction of sp³-hybridized carbons (Fsp3) is 0.333. The smallest absolute Gasteiger partial charge is 0.408 e. The molecule has 2 aromatic heterocycles. The summed E-state index contributed by atoms with van der Waals surface area (Å²) in [6.45, 7) is 4.02. The highest BCUT2D eigenvalue weighted by Crippen LogP contribution is 2.27. The third-order valence-electron chi connectivity index (χ3n) is 4.11. The van der Waals surface area contributed by atoms with E-state index in [1.165, 1.54) is 31.6 Å². The highest BCUT2D eigenvalue weighted by atomic mass is 19.4. The molecule has 0 atom stereocenters. The van der Waals surface area contributed by atoms with Crippen molar-refractivity contribution in [1.29, 1.82) is 0 Å². The van der Waals surface area contributed by atoms with Gasteiger partial charge in [-0.2, -0.15) is 18.3 Å². The summed E-state index contributed by atoms with van der Waals surface area (Å²) >= 11 is 0. The molecule has 2 aromatic rings. The zero-order valence-electron chi connectivity index (χ0n) is 17.6. The van der Waals surface area contributed by atoms with Gasteiger partial charge in [-0.3, -0.25) is 14.8 Å². The molecule has 0 N–H and O–H groups in total. The summed E-state index contributed by atoms with van der Waals surface area (Å²) in [5.74, 6) is 0.416. The van der Waals surface area contributed by atoms with Crippen LogP contribution in [0, 0.1) is 0 Å². The molecule has 0 bridgehead atoms. The number of alkyl halides is 3. The first-order valence-electron chi connectivity index (χ1n) is 9.44. The largest absolute Gasteiger partial charge is 0.486 e. The van der Waals surface area contributed by atoms with Crippen molar-refractivity contribution in [2.75, 3.05) is 26.9 Å². The Bertz CT molecular complexity index is 951. The molecule has 0 radical (unpaired) electrons. The summed E-state index contributed by atoms with van der Waals surface area (Å²) in [5, 5.41) is 4.20. The van der Waals surface area contributed by atoms with E-state index in [0.717, 1.165) is 5.01 Å². The zero-order chi connectivity index (χ0) is 23.6. The number of pyridine rings is 2. The summed E-state index contributed by atoms with van der Waals surface area (Å²) in [6.07, 6.45) is 0.338. The Labute approximate surface area is 183 Å². The molecule has 0 saturated carbocycles. The maximum atomic E-state index is 12.9. The monoisotopic (exact) mass is 452 g/mol. The van der Waals surface area contributed by atoms with Gasteiger partial charge in [0.25, 0.3) is 0 Å². The lowest BCUT2D eigenvalue weighted by Gasteiger charge is -2.24. The Morgan fingerprint density at radius 2 is 2.06 bits per heavy atom. The normalized spacial score (nSPS) is 11.7. The molecular formula is C21H23F3N4O4. The minimum absolute atomic E-state index is 0.0795. The molecule has 2 heterocycles. The van der Waals surface area contributed by atoms with Crippen molar-refractivity contribution >= 4 is 18.7 Å². The molecule has 172 valence electrons. The quantitative estimate of drug-likeness (QED) is 0.210. The molecule has 0 amide bonds. The van der Waals surface area contributed by atoms with Crippen molar-refractivity contribution in [2.45, 2.75) is 19.7 Å². The van der Waals surface area contributed by atoms with Crippen LogP contribution in [-0.2, 0) is 11.3 Å². The van der Waals surface area contributed by atoms with Crippen molar-refractivity contribution in [3.05, 3.63) is 53.5 Å². The zero-order valence-corrected chi connectivity index (χ0v) is 17.6. The van der Waals surface area contributed by atoms with Gasteiger partial charge in [0, 0.05) is 31.7 Å². The Hall–Kier alpha value is -3.47. The van der Waals surface area contributed by atoms with E-state index in [-0.39, 0.29) is 41.8 Å². The number of aldehydes is 1. The van der Waals surface area contributed by atoms with E-state index in [1.807, 2.05) is 0 Å². The van der Waals surface area contributed by atoms with Gasteiger partial charge in [0.05, 0.1) is 29.8 Å². The molecule has 0 aliphatic heterocycles. The lowest BCUT2D eigenvalue weighted by molar-refractivity contribution is -0.138. The SMILES string of the molecule is C=NN(CC(F)(F)F)/C(=C\C)c1ncccc1COc1cnc(OCCOC)cc1C=O. The Kier molecular flexibility index (Phi) is 9.14. The Balaban J connectivity index is 2.23. The summed E-state index contributed by atoms with van der Waals surface area (Å²) in [7, 11) is 1.53. The lowest BCUT2D eigenvalue weighted by Crippen LogP contribution is -2.29. The molecule has 0 unspecified atom stereocenters. The topological polar surface area (TPSA) is 86.1 Å². The maximum Gasteiger partial charge on any atom is 0.408 e. The molecule has 0 fully saturated rings. The molecular weight excluding hydrogens is 429 g/mol.